The zero-order valence-corrected chi connectivity index (χ0v) is 12.3. The quantitative estimate of drug-likeness (QED) is 0.593. The van der Waals surface area contributed by atoms with Crippen molar-refractivity contribution in [1.82, 2.24) is 5.32 Å². The highest BCUT2D eigenvalue weighted by molar-refractivity contribution is 7.92. The SMILES string of the molecule is O=[N+]([O-])c1ccc(C(O)CNCC2CCCS2(=O)=O)cc1. The third kappa shape index (κ3) is 3.99. The van der Waals surface area contributed by atoms with Crippen LogP contribution in [0.15, 0.2) is 24.3 Å². The lowest BCUT2D eigenvalue weighted by Crippen LogP contribution is -2.33. The predicted molar refractivity (Wildman–Crippen MR) is 77.7 cm³/mol. The number of nitro groups is 1. The fourth-order valence-corrected chi connectivity index (χ4v) is 4.20. The number of hydrogen-bond donors (Lipinski definition) is 2. The maximum absolute atomic E-state index is 11.6. The Balaban J connectivity index is 1.84. The fraction of sp³-hybridized carbons (Fsp3) is 0.538. The van der Waals surface area contributed by atoms with E-state index in [0.717, 1.165) is 0 Å². The van der Waals surface area contributed by atoms with Gasteiger partial charge in [-0.2, -0.15) is 0 Å². The lowest BCUT2D eigenvalue weighted by Gasteiger charge is -2.14. The average molecular weight is 314 g/mol. The van der Waals surface area contributed by atoms with Gasteiger partial charge in [0.05, 0.1) is 22.0 Å². The third-order valence-corrected chi connectivity index (χ3v) is 5.94. The van der Waals surface area contributed by atoms with Crippen LogP contribution in [0.1, 0.15) is 24.5 Å². The normalized spacial score (nSPS) is 22.0. The molecule has 2 N–H and O–H groups in total. The van der Waals surface area contributed by atoms with Gasteiger partial charge in [-0.15, -0.1) is 0 Å². The average Bonchev–Trinajstić information content (AvgIpc) is 2.78. The number of sulfone groups is 1. The summed E-state index contributed by atoms with van der Waals surface area (Å²) in [4.78, 5) is 10.0. The van der Waals surface area contributed by atoms with E-state index in [9.17, 15) is 23.6 Å². The zero-order chi connectivity index (χ0) is 15.5. The van der Waals surface area contributed by atoms with E-state index in [0.29, 0.717) is 24.9 Å². The number of nitrogens with one attached hydrogen (secondary N) is 1. The van der Waals surface area contributed by atoms with Crippen LogP contribution in [0, 0.1) is 10.1 Å². The van der Waals surface area contributed by atoms with Crippen LogP contribution in [0.4, 0.5) is 5.69 Å². The second kappa shape index (κ2) is 6.50. The van der Waals surface area contributed by atoms with Crippen molar-refractivity contribution in [3.8, 4) is 0 Å². The van der Waals surface area contributed by atoms with Crippen molar-refractivity contribution in [3.05, 3.63) is 39.9 Å². The number of benzene rings is 1. The number of aliphatic hydroxyl groups is 1. The van der Waals surface area contributed by atoms with Gasteiger partial charge in [-0.3, -0.25) is 10.1 Å². The van der Waals surface area contributed by atoms with Gasteiger partial charge >= 0.3 is 0 Å². The molecule has 21 heavy (non-hydrogen) atoms. The summed E-state index contributed by atoms with van der Waals surface area (Å²) in [6.45, 7) is 0.538. The largest absolute Gasteiger partial charge is 0.387 e. The molecule has 1 aliphatic rings. The molecule has 1 aromatic rings. The van der Waals surface area contributed by atoms with Gasteiger partial charge in [-0.25, -0.2) is 8.42 Å². The smallest absolute Gasteiger partial charge is 0.269 e. The highest BCUT2D eigenvalue weighted by atomic mass is 32.2. The molecule has 0 aromatic heterocycles. The van der Waals surface area contributed by atoms with Crippen molar-refractivity contribution < 1.29 is 18.4 Å². The van der Waals surface area contributed by atoms with Gasteiger partial charge in [0.1, 0.15) is 0 Å². The molecular formula is C13H18N2O5S. The molecule has 1 aliphatic heterocycles. The van der Waals surface area contributed by atoms with Gasteiger partial charge in [-0.1, -0.05) is 0 Å². The molecule has 8 heteroatoms. The van der Waals surface area contributed by atoms with Crippen LogP contribution in [-0.2, 0) is 9.84 Å². The molecular weight excluding hydrogens is 296 g/mol. The Morgan fingerprint density at radius 2 is 2.05 bits per heavy atom. The number of aliphatic hydroxyl groups excluding tert-OH is 1. The number of hydrogen-bond acceptors (Lipinski definition) is 6. The summed E-state index contributed by atoms with van der Waals surface area (Å²) in [5.41, 5.74) is 0.526. The molecule has 0 amide bonds. The van der Waals surface area contributed by atoms with Crippen LogP contribution >= 0.6 is 0 Å². The van der Waals surface area contributed by atoms with E-state index in [1.54, 1.807) is 0 Å². The van der Waals surface area contributed by atoms with E-state index in [1.165, 1.54) is 24.3 Å². The molecule has 1 heterocycles. The summed E-state index contributed by atoms with van der Waals surface area (Å²) in [7, 11) is -2.98. The molecule has 1 saturated heterocycles. The van der Waals surface area contributed by atoms with Crippen LogP contribution in [0.3, 0.4) is 0 Å². The highest BCUT2D eigenvalue weighted by Gasteiger charge is 2.30. The zero-order valence-electron chi connectivity index (χ0n) is 11.4. The molecule has 1 aromatic carbocycles. The minimum atomic E-state index is -2.98. The van der Waals surface area contributed by atoms with Gasteiger partial charge in [0.15, 0.2) is 9.84 Å². The molecule has 2 atom stereocenters. The van der Waals surface area contributed by atoms with Crippen molar-refractivity contribution in [2.24, 2.45) is 0 Å². The van der Waals surface area contributed by atoms with Crippen molar-refractivity contribution in [1.29, 1.82) is 0 Å². The number of nitrogens with zero attached hydrogens (tertiary/aromatic N) is 1. The van der Waals surface area contributed by atoms with E-state index < -0.39 is 20.9 Å². The first-order valence-electron chi connectivity index (χ1n) is 6.75. The van der Waals surface area contributed by atoms with Gasteiger partial charge in [0.2, 0.25) is 0 Å². The van der Waals surface area contributed by atoms with Crippen LogP contribution < -0.4 is 5.32 Å². The Bertz CT molecular complexity index is 599. The number of nitro benzene ring substituents is 1. The van der Waals surface area contributed by atoms with Crippen LogP contribution in [0.5, 0.6) is 0 Å². The van der Waals surface area contributed by atoms with E-state index in [1.807, 2.05) is 0 Å². The fourth-order valence-electron chi connectivity index (χ4n) is 2.40. The van der Waals surface area contributed by atoms with Gasteiger partial charge in [0.25, 0.3) is 5.69 Å². The summed E-state index contributed by atoms with van der Waals surface area (Å²) in [6, 6.07) is 5.66. The highest BCUT2D eigenvalue weighted by Crippen LogP contribution is 2.20. The number of rotatable bonds is 6. The van der Waals surface area contributed by atoms with Crippen LogP contribution in [-0.4, -0.2) is 42.5 Å². The van der Waals surface area contributed by atoms with E-state index >= 15 is 0 Å². The van der Waals surface area contributed by atoms with Crippen LogP contribution in [0.2, 0.25) is 0 Å². The van der Waals surface area contributed by atoms with Crippen molar-refractivity contribution in [2.75, 3.05) is 18.8 Å². The molecule has 2 rings (SSSR count). The Hall–Kier alpha value is -1.51. The van der Waals surface area contributed by atoms with Crippen molar-refractivity contribution >= 4 is 15.5 Å². The first kappa shape index (κ1) is 15.9. The van der Waals surface area contributed by atoms with Crippen LogP contribution in [0.25, 0.3) is 0 Å². The minimum Gasteiger partial charge on any atom is -0.387 e. The molecule has 2 unspecified atom stereocenters. The second-order valence-electron chi connectivity index (χ2n) is 5.15. The monoisotopic (exact) mass is 314 g/mol. The van der Waals surface area contributed by atoms with E-state index in [4.69, 9.17) is 0 Å². The maximum atomic E-state index is 11.6. The molecule has 116 valence electrons. The number of non-ortho nitro benzene ring substituents is 1. The van der Waals surface area contributed by atoms with Gasteiger partial charge < -0.3 is 10.4 Å². The van der Waals surface area contributed by atoms with Crippen molar-refractivity contribution in [3.63, 3.8) is 0 Å². The van der Waals surface area contributed by atoms with E-state index in [-0.39, 0.29) is 23.2 Å². The Kier molecular flexibility index (Phi) is 4.92. The maximum Gasteiger partial charge on any atom is 0.269 e. The van der Waals surface area contributed by atoms with Gasteiger partial charge in [-0.05, 0) is 30.5 Å². The molecule has 0 bridgehead atoms. The summed E-state index contributed by atoms with van der Waals surface area (Å²) >= 11 is 0. The van der Waals surface area contributed by atoms with Crippen molar-refractivity contribution in [2.45, 2.75) is 24.2 Å². The molecule has 7 nitrogen and oxygen atoms in total. The summed E-state index contributed by atoms with van der Waals surface area (Å²) in [5.74, 6) is 0.240. The first-order chi connectivity index (χ1) is 9.90. The lowest BCUT2D eigenvalue weighted by molar-refractivity contribution is -0.384. The second-order valence-corrected chi connectivity index (χ2v) is 7.55. The lowest BCUT2D eigenvalue weighted by atomic mass is 10.1. The summed E-state index contributed by atoms with van der Waals surface area (Å²) in [6.07, 6.45) is 0.526. The first-order valence-corrected chi connectivity index (χ1v) is 8.46. The molecule has 0 saturated carbocycles. The Morgan fingerprint density at radius 3 is 2.57 bits per heavy atom. The molecule has 0 aliphatic carbocycles. The minimum absolute atomic E-state index is 0.0315. The Morgan fingerprint density at radius 1 is 1.38 bits per heavy atom. The summed E-state index contributed by atoms with van der Waals surface area (Å²) in [5, 5.41) is 23.1. The topological polar surface area (TPSA) is 110 Å². The standard InChI is InChI=1S/C13H18N2O5S/c16-13(10-3-5-11(6-4-10)15(17)18)9-14-8-12-2-1-7-21(12,19)20/h3-6,12-14,16H,1-2,7-9H2. The molecule has 0 spiro atoms. The van der Waals surface area contributed by atoms with Gasteiger partial charge in [0, 0.05) is 25.2 Å². The predicted octanol–water partition coefficient (Wildman–Crippen LogP) is 0.795. The van der Waals surface area contributed by atoms with E-state index in [2.05, 4.69) is 5.32 Å². The third-order valence-electron chi connectivity index (χ3n) is 3.66. The summed E-state index contributed by atoms with van der Waals surface area (Å²) < 4.78 is 23.3. The molecule has 0 radical (unpaired) electrons. The Labute approximate surface area is 123 Å². The molecule has 1 fully saturated rings.